The lowest BCUT2D eigenvalue weighted by molar-refractivity contribution is -0.121. The van der Waals surface area contributed by atoms with Crippen molar-refractivity contribution in [3.8, 4) is 11.5 Å². The highest BCUT2D eigenvalue weighted by atomic mass is 32.2. The van der Waals surface area contributed by atoms with Crippen LogP contribution in [-0.2, 0) is 14.8 Å². The van der Waals surface area contributed by atoms with Crippen molar-refractivity contribution < 1.29 is 22.7 Å². The van der Waals surface area contributed by atoms with Gasteiger partial charge in [-0.1, -0.05) is 6.92 Å². The molecule has 0 saturated carbocycles. The summed E-state index contributed by atoms with van der Waals surface area (Å²) in [6, 6.07) is 4.43. The van der Waals surface area contributed by atoms with Gasteiger partial charge in [0.05, 0.1) is 11.4 Å². The quantitative estimate of drug-likeness (QED) is 0.827. The number of carbonyl (C=O) groups is 1. The van der Waals surface area contributed by atoms with Crippen molar-refractivity contribution in [2.45, 2.75) is 18.2 Å². The first-order valence-electron chi connectivity index (χ1n) is 7.08. The van der Waals surface area contributed by atoms with Gasteiger partial charge in [0.2, 0.25) is 15.9 Å². The van der Waals surface area contributed by atoms with Crippen LogP contribution in [0.4, 0.5) is 0 Å². The predicted octanol–water partition coefficient (Wildman–Crippen LogP) is 0.605. The SMILES string of the molecule is CCCNC(=O)CN(C)S(=O)(=O)c1ccc2c(c1)OCCO2. The summed E-state index contributed by atoms with van der Waals surface area (Å²) in [5.74, 6) is 0.593. The number of ether oxygens (including phenoxy) is 2. The van der Waals surface area contributed by atoms with Gasteiger partial charge in [-0.05, 0) is 18.6 Å². The average Bonchev–Trinajstić information content (AvgIpc) is 2.52. The van der Waals surface area contributed by atoms with Crippen LogP contribution in [-0.4, -0.2) is 52.0 Å². The Bertz CT molecular complexity index is 645. The second kappa shape index (κ2) is 6.97. The van der Waals surface area contributed by atoms with E-state index in [2.05, 4.69) is 5.32 Å². The molecule has 1 aromatic rings. The molecule has 0 spiro atoms. The van der Waals surface area contributed by atoms with E-state index in [1.165, 1.54) is 19.2 Å². The summed E-state index contributed by atoms with van der Waals surface area (Å²) >= 11 is 0. The van der Waals surface area contributed by atoms with E-state index >= 15 is 0 Å². The second-order valence-corrected chi connectivity index (χ2v) is 6.96. The first kappa shape index (κ1) is 16.6. The average molecular weight is 328 g/mol. The minimum absolute atomic E-state index is 0.0718. The van der Waals surface area contributed by atoms with Crippen molar-refractivity contribution in [3.05, 3.63) is 18.2 Å². The number of nitrogens with zero attached hydrogens (tertiary/aromatic N) is 1. The minimum atomic E-state index is -3.76. The molecular formula is C14H20N2O5S. The topological polar surface area (TPSA) is 84.9 Å². The first-order chi connectivity index (χ1) is 10.4. The van der Waals surface area contributed by atoms with Crippen LogP contribution in [0.1, 0.15) is 13.3 Å². The minimum Gasteiger partial charge on any atom is -0.486 e. The van der Waals surface area contributed by atoms with Crippen molar-refractivity contribution in [1.82, 2.24) is 9.62 Å². The smallest absolute Gasteiger partial charge is 0.243 e. The normalized spacial score (nSPS) is 14.0. The molecule has 0 saturated heterocycles. The van der Waals surface area contributed by atoms with E-state index in [0.717, 1.165) is 10.7 Å². The summed E-state index contributed by atoms with van der Waals surface area (Å²) < 4.78 is 36.7. The Morgan fingerprint density at radius 2 is 1.95 bits per heavy atom. The summed E-state index contributed by atoms with van der Waals surface area (Å²) in [6.07, 6.45) is 0.796. The van der Waals surface area contributed by atoms with E-state index in [0.29, 0.717) is 31.3 Å². The van der Waals surface area contributed by atoms with Crippen molar-refractivity contribution in [3.63, 3.8) is 0 Å². The molecule has 1 aromatic carbocycles. The van der Waals surface area contributed by atoms with E-state index in [-0.39, 0.29) is 17.3 Å². The summed E-state index contributed by atoms with van der Waals surface area (Å²) in [4.78, 5) is 11.7. The lowest BCUT2D eigenvalue weighted by atomic mass is 10.3. The molecule has 7 nitrogen and oxygen atoms in total. The molecule has 0 unspecified atom stereocenters. The Kier molecular flexibility index (Phi) is 5.25. The highest BCUT2D eigenvalue weighted by Crippen LogP contribution is 2.32. The van der Waals surface area contributed by atoms with Gasteiger partial charge in [0, 0.05) is 19.7 Å². The molecule has 1 aliphatic rings. The summed E-state index contributed by atoms with van der Waals surface area (Å²) in [7, 11) is -2.38. The molecule has 22 heavy (non-hydrogen) atoms. The number of rotatable bonds is 6. The maximum absolute atomic E-state index is 12.5. The van der Waals surface area contributed by atoms with Crippen molar-refractivity contribution in [2.24, 2.45) is 0 Å². The van der Waals surface area contributed by atoms with E-state index in [4.69, 9.17) is 9.47 Å². The van der Waals surface area contributed by atoms with Gasteiger partial charge < -0.3 is 14.8 Å². The molecule has 0 atom stereocenters. The number of hydrogen-bond acceptors (Lipinski definition) is 5. The molecule has 1 heterocycles. The standard InChI is InChI=1S/C14H20N2O5S/c1-3-6-15-14(17)10-16(2)22(18,19)11-4-5-12-13(9-11)21-8-7-20-12/h4-5,9H,3,6-8,10H2,1-2H3,(H,15,17). The number of benzene rings is 1. The van der Waals surface area contributed by atoms with E-state index in [9.17, 15) is 13.2 Å². The molecule has 8 heteroatoms. The Morgan fingerprint density at radius 3 is 2.64 bits per heavy atom. The first-order valence-corrected chi connectivity index (χ1v) is 8.52. The molecule has 0 bridgehead atoms. The number of likely N-dealkylation sites (N-methyl/N-ethyl adjacent to an activating group) is 1. The molecule has 1 aliphatic heterocycles. The van der Waals surface area contributed by atoms with Crippen LogP contribution in [0.25, 0.3) is 0 Å². The van der Waals surface area contributed by atoms with Crippen LogP contribution in [0.15, 0.2) is 23.1 Å². The summed E-state index contributed by atoms with van der Waals surface area (Å²) in [5, 5.41) is 2.65. The van der Waals surface area contributed by atoms with Gasteiger partial charge in [0.15, 0.2) is 11.5 Å². The lowest BCUT2D eigenvalue weighted by Crippen LogP contribution is -2.38. The number of nitrogens with one attached hydrogen (secondary N) is 1. The van der Waals surface area contributed by atoms with E-state index < -0.39 is 10.0 Å². The third-order valence-corrected chi connectivity index (χ3v) is 4.96. The molecule has 122 valence electrons. The van der Waals surface area contributed by atoms with Crippen LogP contribution in [0.5, 0.6) is 11.5 Å². The Morgan fingerprint density at radius 1 is 1.27 bits per heavy atom. The Hall–Kier alpha value is -1.80. The monoisotopic (exact) mass is 328 g/mol. The van der Waals surface area contributed by atoms with Crippen LogP contribution in [0.2, 0.25) is 0 Å². The van der Waals surface area contributed by atoms with Crippen molar-refractivity contribution in [2.75, 3.05) is 33.4 Å². The Labute approximate surface area is 130 Å². The maximum Gasteiger partial charge on any atom is 0.243 e. The van der Waals surface area contributed by atoms with Crippen LogP contribution in [0.3, 0.4) is 0 Å². The van der Waals surface area contributed by atoms with E-state index in [1.54, 1.807) is 6.07 Å². The number of hydrogen-bond donors (Lipinski definition) is 1. The second-order valence-electron chi connectivity index (χ2n) is 4.92. The van der Waals surface area contributed by atoms with Gasteiger partial charge in [0.25, 0.3) is 0 Å². The van der Waals surface area contributed by atoms with Gasteiger partial charge in [-0.2, -0.15) is 4.31 Å². The molecule has 0 fully saturated rings. The van der Waals surface area contributed by atoms with Crippen LogP contribution >= 0.6 is 0 Å². The van der Waals surface area contributed by atoms with Gasteiger partial charge in [-0.15, -0.1) is 0 Å². The highest BCUT2D eigenvalue weighted by molar-refractivity contribution is 7.89. The zero-order valence-corrected chi connectivity index (χ0v) is 13.5. The number of sulfonamides is 1. The molecular weight excluding hydrogens is 308 g/mol. The molecule has 0 aromatic heterocycles. The number of amides is 1. The number of carbonyl (C=O) groups excluding carboxylic acids is 1. The summed E-state index contributed by atoms with van der Waals surface area (Å²) in [5.41, 5.74) is 0. The van der Waals surface area contributed by atoms with Gasteiger partial charge in [-0.3, -0.25) is 4.79 Å². The zero-order valence-electron chi connectivity index (χ0n) is 12.7. The number of fused-ring (bicyclic) bond motifs is 1. The lowest BCUT2D eigenvalue weighted by Gasteiger charge is -2.21. The van der Waals surface area contributed by atoms with Crippen LogP contribution < -0.4 is 14.8 Å². The molecule has 0 radical (unpaired) electrons. The fraction of sp³-hybridized carbons (Fsp3) is 0.500. The van der Waals surface area contributed by atoms with Crippen LogP contribution in [0, 0.1) is 0 Å². The fourth-order valence-electron chi connectivity index (χ4n) is 1.97. The summed E-state index contributed by atoms with van der Waals surface area (Å²) in [6.45, 7) is 3.05. The molecule has 1 N–H and O–H groups in total. The highest BCUT2D eigenvalue weighted by Gasteiger charge is 2.25. The molecule has 2 rings (SSSR count). The van der Waals surface area contributed by atoms with E-state index in [1.807, 2.05) is 6.92 Å². The van der Waals surface area contributed by atoms with Crippen molar-refractivity contribution in [1.29, 1.82) is 0 Å². The third kappa shape index (κ3) is 3.69. The third-order valence-electron chi connectivity index (χ3n) is 3.16. The fourth-order valence-corrected chi connectivity index (χ4v) is 3.11. The Balaban J connectivity index is 2.13. The van der Waals surface area contributed by atoms with Gasteiger partial charge in [0.1, 0.15) is 13.2 Å². The van der Waals surface area contributed by atoms with Gasteiger partial charge in [-0.25, -0.2) is 8.42 Å². The molecule has 0 aliphatic carbocycles. The van der Waals surface area contributed by atoms with Crippen molar-refractivity contribution >= 4 is 15.9 Å². The largest absolute Gasteiger partial charge is 0.486 e. The maximum atomic E-state index is 12.5. The predicted molar refractivity (Wildman–Crippen MR) is 80.5 cm³/mol. The molecule has 1 amide bonds. The zero-order chi connectivity index (χ0) is 16.2. The van der Waals surface area contributed by atoms with Gasteiger partial charge >= 0.3 is 0 Å².